The van der Waals surface area contributed by atoms with Gasteiger partial charge in [-0.05, 0) is 58.9 Å². The van der Waals surface area contributed by atoms with Crippen LogP contribution in [0.3, 0.4) is 0 Å². The smallest absolute Gasteiger partial charge is 0.0558 e. The zero-order valence-corrected chi connectivity index (χ0v) is 9.58. The first kappa shape index (κ1) is 12.0. The Hall–Kier alpha value is -0.120. The molecule has 1 N–H and O–H groups in total. The quantitative estimate of drug-likeness (QED) is 0.705. The van der Waals surface area contributed by atoms with E-state index in [1.807, 2.05) is 0 Å². The fourth-order valence-corrected chi connectivity index (χ4v) is 2.04. The number of piperidine rings is 1. The maximum Gasteiger partial charge on any atom is 0.0558 e. The number of nitrogens with zero attached hydrogens (tertiary/aromatic N) is 2. The zero-order valence-electron chi connectivity index (χ0n) is 9.58. The van der Waals surface area contributed by atoms with Gasteiger partial charge in [-0.3, -0.25) is 0 Å². The molecule has 3 heteroatoms. The predicted molar refractivity (Wildman–Crippen MR) is 59.4 cm³/mol. The molecule has 3 nitrogen and oxygen atoms in total. The second kappa shape index (κ2) is 6.38. The van der Waals surface area contributed by atoms with Crippen molar-refractivity contribution in [3.05, 3.63) is 0 Å². The lowest BCUT2D eigenvalue weighted by Gasteiger charge is -2.29. The van der Waals surface area contributed by atoms with E-state index in [1.165, 1.54) is 32.4 Å². The third kappa shape index (κ3) is 4.40. The van der Waals surface area contributed by atoms with Gasteiger partial charge in [0.1, 0.15) is 0 Å². The molecule has 0 aliphatic carbocycles. The molecule has 1 heterocycles. The Kier molecular flexibility index (Phi) is 5.45. The van der Waals surface area contributed by atoms with E-state index < -0.39 is 0 Å². The summed E-state index contributed by atoms with van der Waals surface area (Å²) >= 11 is 0. The highest BCUT2D eigenvalue weighted by molar-refractivity contribution is 4.70. The Balaban J connectivity index is 2.06. The fourth-order valence-electron chi connectivity index (χ4n) is 2.04. The molecule has 0 aromatic rings. The molecule has 0 amide bonds. The van der Waals surface area contributed by atoms with Crippen LogP contribution in [0.25, 0.3) is 0 Å². The van der Waals surface area contributed by atoms with E-state index in [-0.39, 0.29) is 6.61 Å². The minimum atomic E-state index is 0.282. The van der Waals surface area contributed by atoms with Gasteiger partial charge in [-0.25, -0.2) is 0 Å². The van der Waals surface area contributed by atoms with E-state index in [1.54, 1.807) is 0 Å². The highest BCUT2D eigenvalue weighted by Crippen LogP contribution is 2.19. The fraction of sp³-hybridized carbons (Fsp3) is 1.00. The van der Waals surface area contributed by atoms with E-state index in [4.69, 9.17) is 5.11 Å². The lowest BCUT2D eigenvalue weighted by molar-refractivity contribution is 0.180. The first-order valence-electron chi connectivity index (χ1n) is 5.70. The average Bonchev–Trinajstić information content (AvgIpc) is 2.17. The van der Waals surface area contributed by atoms with E-state index in [0.717, 1.165) is 19.0 Å². The van der Waals surface area contributed by atoms with Crippen molar-refractivity contribution in [1.29, 1.82) is 0 Å². The molecule has 0 saturated carbocycles. The molecule has 84 valence electrons. The Bertz CT molecular complexity index is 144. The van der Waals surface area contributed by atoms with Gasteiger partial charge in [-0.2, -0.15) is 0 Å². The number of likely N-dealkylation sites (tertiary alicyclic amines) is 1. The van der Waals surface area contributed by atoms with Crippen molar-refractivity contribution < 1.29 is 5.11 Å². The molecular weight excluding hydrogens is 176 g/mol. The third-order valence-corrected chi connectivity index (χ3v) is 3.24. The third-order valence-electron chi connectivity index (χ3n) is 3.24. The molecule has 1 saturated heterocycles. The maximum atomic E-state index is 8.76. The van der Waals surface area contributed by atoms with Crippen LogP contribution in [0.15, 0.2) is 0 Å². The zero-order chi connectivity index (χ0) is 10.4. The molecule has 1 fully saturated rings. The number of aliphatic hydroxyl groups is 1. The summed E-state index contributed by atoms with van der Waals surface area (Å²) < 4.78 is 0. The van der Waals surface area contributed by atoms with E-state index in [9.17, 15) is 0 Å². The standard InChI is InChI=1S/C11H24N2O/c1-12-6-3-11(4-7-12)5-8-13(2)9-10-14/h11,14H,3-10H2,1-2H3. The van der Waals surface area contributed by atoms with Crippen LogP contribution in [0.1, 0.15) is 19.3 Å². The van der Waals surface area contributed by atoms with Crippen molar-refractivity contribution >= 4 is 0 Å². The Labute approximate surface area is 87.7 Å². The summed E-state index contributed by atoms with van der Waals surface area (Å²) in [6, 6.07) is 0. The predicted octanol–water partition coefficient (Wildman–Crippen LogP) is 0.642. The highest BCUT2D eigenvalue weighted by Gasteiger charge is 2.16. The second-order valence-corrected chi connectivity index (χ2v) is 4.56. The number of hydrogen-bond acceptors (Lipinski definition) is 3. The monoisotopic (exact) mass is 200 g/mol. The topological polar surface area (TPSA) is 26.7 Å². The van der Waals surface area contributed by atoms with Gasteiger partial charge in [0.05, 0.1) is 6.61 Å². The van der Waals surface area contributed by atoms with Gasteiger partial charge >= 0.3 is 0 Å². The molecule has 0 spiro atoms. The average molecular weight is 200 g/mol. The first-order chi connectivity index (χ1) is 6.72. The van der Waals surface area contributed by atoms with Gasteiger partial charge < -0.3 is 14.9 Å². The highest BCUT2D eigenvalue weighted by atomic mass is 16.3. The van der Waals surface area contributed by atoms with Crippen LogP contribution in [0.5, 0.6) is 0 Å². The molecule has 0 aromatic heterocycles. The van der Waals surface area contributed by atoms with Gasteiger partial charge in [0, 0.05) is 6.54 Å². The number of hydrogen-bond donors (Lipinski definition) is 1. The van der Waals surface area contributed by atoms with Crippen LogP contribution in [-0.4, -0.2) is 61.8 Å². The summed E-state index contributed by atoms with van der Waals surface area (Å²) in [4.78, 5) is 4.63. The summed E-state index contributed by atoms with van der Waals surface area (Å²) in [5.41, 5.74) is 0. The van der Waals surface area contributed by atoms with Gasteiger partial charge in [-0.1, -0.05) is 0 Å². The van der Waals surface area contributed by atoms with Crippen LogP contribution in [0, 0.1) is 5.92 Å². The minimum Gasteiger partial charge on any atom is -0.395 e. The minimum absolute atomic E-state index is 0.282. The van der Waals surface area contributed by atoms with Gasteiger partial charge in [-0.15, -0.1) is 0 Å². The van der Waals surface area contributed by atoms with Crippen molar-refractivity contribution in [1.82, 2.24) is 9.80 Å². The van der Waals surface area contributed by atoms with Crippen molar-refractivity contribution in [2.24, 2.45) is 5.92 Å². The molecule has 1 rings (SSSR count). The summed E-state index contributed by atoms with van der Waals surface area (Å²) in [5.74, 6) is 0.910. The molecular formula is C11H24N2O. The molecule has 0 aromatic carbocycles. The van der Waals surface area contributed by atoms with Crippen LogP contribution in [0.4, 0.5) is 0 Å². The first-order valence-corrected chi connectivity index (χ1v) is 5.70. The van der Waals surface area contributed by atoms with Crippen molar-refractivity contribution in [3.8, 4) is 0 Å². The summed E-state index contributed by atoms with van der Waals surface area (Å²) in [6.45, 7) is 4.74. The van der Waals surface area contributed by atoms with Crippen molar-refractivity contribution in [3.63, 3.8) is 0 Å². The molecule has 0 bridgehead atoms. The molecule has 1 aliphatic rings. The van der Waals surface area contributed by atoms with Gasteiger partial charge in [0.15, 0.2) is 0 Å². The number of aliphatic hydroxyl groups excluding tert-OH is 1. The Morgan fingerprint density at radius 2 is 1.93 bits per heavy atom. The van der Waals surface area contributed by atoms with Crippen molar-refractivity contribution in [2.75, 3.05) is 46.9 Å². The van der Waals surface area contributed by atoms with Crippen LogP contribution in [-0.2, 0) is 0 Å². The summed E-state index contributed by atoms with van der Waals surface area (Å²) in [6.07, 6.45) is 4.00. The number of likely N-dealkylation sites (N-methyl/N-ethyl adjacent to an activating group) is 1. The molecule has 0 unspecified atom stereocenters. The van der Waals surface area contributed by atoms with E-state index in [0.29, 0.717) is 0 Å². The van der Waals surface area contributed by atoms with E-state index >= 15 is 0 Å². The van der Waals surface area contributed by atoms with Gasteiger partial charge in [0.25, 0.3) is 0 Å². The normalized spacial score (nSPS) is 20.6. The number of rotatable bonds is 5. The second-order valence-electron chi connectivity index (χ2n) is 4.56. The van der Waals surface area contributed by atoms with Gasteiger partial charge in [0.2, 0.25) is 0 Å². The molecule has 0 radical (unpaired) electrons. The SMILES string of the molecule is CN(CCO)CCC1CCN(C)CC1. The van der Waals surface area contributed by atoms with Crippen LogP contribution < -0.4 is 0 Å². The van der Waals surface area contributed by atoms with E-state index in [2.05, 4.69) is 23.9 Å². The Morgan fingerprint density at radius 1 is 1.29 bits per heavy atom. The lowest BCUT2D eigenvalue weighted by atomic mass is 9.94. The Morgan fingerprint density at radius 3 is 2.50 bits per heavy atom. The maximum absolute atomic E-state index is 8.76. The molecule has 14 heavy (non-hydrogen) atoms. The summed E-state index contributed by atoms with van der Waals surface area (Å²) in [5, 5.41) is 8.76. The van der Waals surface area contributed by atoms with Crippen molar-refractivity contribution in [2.45, 2.75) is 19.3 Å². The van der Waals surface area contributed by atoms with Crippen LogP contribution in [0.2, 0.25) is 0 Å². The largest absolute Gasteiger partial charge is 0.395 e. The molecule has 1 aliphatic heterocycles. The lowest BCUT2D eigenvalue weighted by Crippen LogP contribution is -2.32. The van der Waals surface area contributed by atoms with Crippen LogP contribution >= 0.6 is 0 Å². The summed E-state index contributed by atoms with van der Waals surface area (Å²) in [7, 11) is 4.29. The molecule has 0 atom stereocenters.